The van der Waals surface area contributed by atoms with Crippen LogP contribution in [0.1, 0.15) is 20.8 Å². The van der Waals surface area contributed by atoms with E-state index in [0.717, 1.165) is 0 Å². The second-order valence-corrected chi connectivity index (χ2v) is 2.34. The van der Waals surface area contributed by atoms with Crippen molar-refractivity contribution >= 4 is 6.21 Å². The number of nitrogens with zero attached hydrogens (tertiary/aromatic N) is 1. The summed E-state index contributed by atoms with van der Waals surface area (Å²) in [6.07, 6.45) is 9.13. The molecule has 0 unspecified atom stereocenters. The third kappa shape index (κ3) is 3.91. The zero-order chi connectivity index (χ0) is 7.98. The van der Waals surface area contributed by atoms with Crippen molar-refractivity contribution < 1.29 is 4.58 Å². The SMILES string of the molecule is C#CC[N+](C=C(C)C)=CC. The Bertz CT molecular complexity index is 187. The molecule has 0 aliphatic heterocycles. The molecule has 0 N–H and O–H groups in total. The summed E-state index contributed by atoms with van der Waals surface area (Å²) in [5.41, 5.74) is 1.26. The average molecular weight is 136 g/mol. The van der Waals surface area contributed by atoms with Gasteiger partial charge in [-0.05, 0) is 25.3 Å². The van der Waals surface area contributed by atoms with E-state index in [0.29, 0.717) is 6.54 Å². The largest absolute Gasteiger partial charge is 0.208 e. The van der Waals surface area contributed by atoms with Gasteiger partial charge in [0, 0.05) is 6.92 Å². The minimum atomic E-state index is 0.654. The molecule has 54 valence electrons. The summed E-state index contributed by atoms with van der Waals surface area (Å²) in [4.78, 5) is 0. The van der Waals surface area contributed by atoms with Crippen LogP contribution in [0, 0.1) is 12.3 Å². The van der Waals surface area contributed by atoms with E-state index in [1.165, 1.54) is 5.57 Å². The molecule has 0 radical (unpaired) electrons. The normalized spacial score (nSPS) is 10.4. The predicted octanol–water partition coefficient (Wildman–Crippen LogP) is 1.65. The summed E-state index contributed by atoms with van der Waals surface area (Å²) in [7, 11) is 0. The highest BCUT2D eigenvalue weighted by Gasteiger charge is 1.92. The first-order chi connectivity index (χ1) is 4.70. The van der Waals surface area contributed by atoms with Crippen LogP contribution in [-0.4, -0.2) is 17.3 Å². The van der Waals surface area contributed by atoms with Gasteiger partial charge in [-0.25, -0.2) is 0 Å². The Morgan fingerprint density at radius 3 is 2.50 bits per heavy atom. The summed E-state index contributed by atoms with van der Waals surface area (Å²) >= 11 is 0. The maximum Gasteiger partial charge on any atom is 0.208 e. The lowest BCUT2D eigenvalue weighted by atomic mass is 10.4. The van der Waals surface area contributed by atoms with Crippen molar-refractivity contribution in [1.29, 1.82) is 0 Å². The Kier molecular flexibility index (Phi) is 4.32. The van der Waals surface area contributed by atoms with Crippen molar-refractivity contribution in [2.45, 2.75) is 20.8 Å². The van der Waals surface area contributed by atoms with E-state index in [9.17, 15) is 0 Å². The lowest BCUT2D eigenvalue weighted by molar-refractivity contribution is -0.439. The molecule has 0 amide bonds. The zero-order valence-corrected chi connectivity index (χ0v) is 6.89. The molecule has 1 nitrogen and oxygen atoms in total. The summed E-state index contributed by atoms with van der Waals surface area (Å²) in [6.45, 7) is 6.72. The van der Waals surface area contributed by atoms with Crippen molar-refractivity contribution in [3.63, 3.8) is 0 Å². The van der Waals surface area contributed by atoms with Gasteiger partial charge in [0.05, 0.1) is 0 Å². The van der Waals surface area contributed by atoms with Gasteiger partial charge >= 0.3 is 0 Å². The molecule has 0 spiro atoms. The number of terminal acetylenes is 1. The first-order valence-corrected chi connectivity index (χ1v) is 3.34. The molecule has 1 heteroatoms. The number of rotatable bonds is 2. The van der Waals surface area contributed by atoms with E-state index in [4.69, 9.17) is 6.42 Å². The highest BCUT2D eigenvalue weighted by Crippen LogP contribution is 1.88. The quantitative estimate of drug-likeness (QED) is 0.308. The molecule has 0 aromatic heterocycles. The van der Waals surface area contributed by atoms with Crippen LogP contribution in [0.2, 0.25) is 0 Å². The van der Waals surface area contributed by atoms with Crippen LogP contribution in [0.5, 0.6) is 0 Å². The van der Waals surface area contributed by atoms with E-state index in [1.807, 2.05) is 37.8 Å². The maximum absolute atomic E-state index is 5.14. The molecule has 0 bridgehead atoms. The van der Waals surface area contributed by atoms with E-state index in [2.05, 4.69) is 5.92 Å². The van der Waals surface area contributed by atoms with Gasteiger partial charge in [-0.1, -0.05) is 0 Å². The molecule has 0 atom stereocenters. The molecule has 0 saturated carbocycles. The molecule has 0 rings (SSSR count). The number of hydrogen-bond acceptors (Lipinski definition) is 0. The fourth-order valence-corrected chi connectivity index (χ4v) is 0.649. The minimum Gasteiger partial charge on any atom is -0.198 e. The van der Waals surface area contributed by atoms with Gasteiger partial charge in [-0.3, -0.25) is 0 Å². The first-order valence-electron chi connectivity index (χ1n) is 3.34. The fourth-order valence-electron chi connectivity index (χ4n) is 0.649. The third-order valence-corrected chi connectivity index (χ3v) is 1.03. The van der Waals surface area contributed by atoms with Crippen LogP contribution in [0.3, 0.4) is 0 Å². The van der Waals surface area contributed by atoms with Crippen molar-refractivity contribution in [2.24, 2.45) is 0 Å². The van der Waals surface area contributed by atoms with Crippen LogP contribution < -0.4 is 0 Å². The lowest BCUT2D eigenvalue weighted by Gasteiger charge is -1.89. The molecule has 0 aliphatic carbocycles. The zero-order valence-electron chi connectivity index (χ0n) is 6.89. The van der Waals surface area contributed by atoms with E-state index < -0.39 is 0 Å². The van der Waals surface area contributed by atoms with Crippen LogP contribution >= 0.6 is 0 Å². The molecule has 0 saturated heterocycles. The number of allylic oxidation sites excluding steroid dienone is 1. The topological polar surface area (TPSA) is 3.01 Å². The Morgan fingerprint density at radius 1 is 1.60 bits per heavy atom. The first kappa shape index (κ1) is 8.97. The standard InChI is InChI=1S/C9H14N/c1-5-7-10(6-2)8-9(3)4/h1,6,8H,7H2,2-4H3/q+1. The highest BCUT2D eigenvalue weighted by atomic mass is 15.0. The van der Waals surface area contributed by atoms with Crippen molar-refractivity contribution in [1.82, 2.24) is 0 Å². The Hall–Kier alpha value is -1.03. The van der Waals surface area contributed by atoms with E-state index >= 15 is 0 Å². The van der Waals surface area contributed by atoms with Crippen molar-refractivity contribution in [2.75, 3.05) is 6.54 Å². The molecule has 0 aromatic carbocycles. The van der Waals surface area contributed by atoms with Gasteiger partial charge in [0.15, 0.2) is 6.20 Å². The van der Waals surface area contributed by atoms with E-state index in [1.54, 1.807) is 0 Å². The lowest BCUT2D eigenvalue weighted by Crippen LogP contribution is -2.04. The average Bonchev–Trinajstić information content (AvgIpc) is 1.86. The predicted molar refractivity (Wildman–Crippen MR) is 45.1 cm³/mol. The van der Waals surface area contributed by atoms with Gasteiger partial charge in [0.2, 0.25) is 6.54 Å². The van der Waals surface area contributed by atoms with Crippen molar-refractivity contribution in [3.05, 3.63) is 11.8 Å². The second kappa shape index (κ2) is 4.81. The van der Waals surface area contributed by atoms with Gasteiger partial charge in [0.1, 0.15) is 6.21 Å². The summed E-state index contributed by atoms with van der Waals surface area (Å²) in [5, 5.41) is 0. The van der Waals surface area contributed by atoms with Gasteiger partial charge in [0.25, 0.3) is 0 Å². The van der Waals surface area contributed by atoms with E-state index in [-0.39, 0.29) is 0 Å². The third-order valence-electron chi connectivity index (χ3n) is 1.03. The molecule has 0 aliphatic rings. The highest BCUT2D eigenvalue weighted by molar-refractivity contribution is 5.47. The Labute approximate surface area is 63.1 Å². The van der Waals surface area contributed by atoms with Crippen LogP contribution in [0.25, 0.3) is 0 Å². The molecule has 10 heavy (non-hydrogen) atoms. The van der Waals surface area contributed by atoms with Gasteiger partial charge in [-0.15, -0.1) is 6.42 Å². The molecular weight excluding hydrogens is 122 g/mol. The second-order valence-electron chi connectivity index (χ2n) is 2.34. The molecular formula is C9H14N+. The smallest absolute Gasteiger partial charge is 0.198 e. The minimum absolute atomic E-state index is 0.654. The Morgan fingerprint density at radius 2 is 2.20 bits per heavy atom. The molecule has 0 aromatic rings. The fraction of sp³-hybridized carbons (Fsp3) is 0.444. The summed E-state index contributed by atoms with van der Waals surface area (Å²) in [5.74, 6) is 2.57. The summed E-state index contributed by atoms with van der Waals surface area (Å²) < 4.78 is 1.98. The van der Waals surface area contributed by atoms with Gasteiger partial charge < -0.3 is 0 Å². The van der Waals surface area contributed by atoms with Crippen LogP contribution in [0.4, 0.5) is 0 Å². The Balaban J connectivity index is 4.15. The number of hydrogen-bond donors (Lipinski definition) is 0. The van der Waals surface area contributed by atoms with Crippen LogP contribution in [0.15, 0.2) is 11.8 Å². The maximum atomic E-state index is 5.14. The summed E-state index contributed by atoms with van der Waals surface area (Å²) in [6, 6.07) is 0. The van der Waals surface area contributed by atoms with Crippen LogP contribution in [-0.2, 0) is 0 Å². The monoisotopic (exact) mass is 136 g/mol. The molecule has 0 fully saturated rings. The van der Waals surface area contributed by atoms with Gasteiger partial charge in [-0.2, -0.15) is 4.58 Å². The molecule has 0 heterocycles. The van der Waals surface area contributed by atoms with Crippen molar-refractivity contribution in [3.8, 4) is 12.3 Å².